The van der Waals surface area contributed by atoms with Crippen LogP contribution in [-0.4, -0.2) is 23.5 Å². The van der Waals surface area contributed by atoms with Crippen molar-refractivity contribution >= 4 is 17.6 Å². The van der Waals surface area contributed by atoms with Crippen molar-refractivity contribution in [2.75, 3.05) is 11.6 Å². The van der Waals surface area contributed by atoms with Crippen molar-refractivity contribution in [2.45, 2.75) is 19.3 Å². The van der Waals surface area contributed by atoms with Crippen LogP contribution >= 0.6 is 0 Å². The number of para-hydroxylation sites is 1. The number of benzene rings is 1. The molecule has 0 atom stereocenters. The number of nitrogens with one attached hydrogen (secondary N) is 1. The molecule has 0 bridgehead atoms. The van der Waals surface area contributed by atoms with Crippen LogP contribution in [0.15, 0.2) is 24.3 Å². The number of rotatable bonds is 4. The van der Waals surface area contributed by atoms with E-state index in [0.717, 1.165) is 11.3 Å². The minimum atomic E-state index is -0.815. The first-order chi connectivity index (χ1) is 8.16. The summed E-state index contributed by atoms with van der Waals surface area (Å²) < 4.78 is 0. The Balaban J connectivity index is 2.15. The van der Waals surface area contributed by atoms with E-state index in [2.05, 4.69) is 5.43 Å². The van der Waals surface area contributed by atoms with Crippen molar-refractivity contribution in [3.05, 3.63) is 29.8 Å². The second-order valence-corrected chi connectivity index (χ2v) is 3.96. The number of hydrogen-bond acceptors (Lipinski definition) is 3. The van der Waals surface area contributed by atoms with Gasteiger partial charge >= 0.3 is 5.97 Å². The van der Waals surface area contributed by atoms with Gasteiger partial charge in [-0.25, -0.2) is 0 Å². The van der Waals surface area contributed by atoms with E-state index in [4.69, 9.17) is 5.11 Å². The van der Waals surface area contributed by atoms with Crippen molar-refractivity contribution in [3.8, 4) is 0 Å². The minimum Gasteiger partial charge on any atom is -0.481 e. The summed E-state index contributed by atoms with van der Waals surface area (Å²) in [6.07, 6.45) is 1.05. The first-order valence-electron chi connectivity index (χ1n) is 5.53. The van der Waals surface area contributed by atoms with E-state index in [9.17, 15) is 9.59 Å². The SMILES string of the molecule is O=C(O)CCc1ccccc1N1CCC(=O)N1. The second kappa shape index (κ2) is 4.86. The number of carboxylic acids is 1. The zero-order valence-corrected chi connectivity index (χ0v) is 9.35. The molecule has 5 nitrogen and oxygen atoms in total. The maximum absolute atomic E-state index is 11.2. The Kier molecular flexibility index (Phi) is 3.27. The van der Waals surface area contributed by atoms with Gasteiger partial charge in [0.25, 0.3) is 0 Å². The summed E-state index contributed by atoms with van der Waals surface area (Å²) in [7, 11) is 0. The lowest BCUT2D eigenvalue weighted by Gasteiger charge is -2.20. The molecule has 5 heteroatoms. The van der Waals surface area contributed by atoms with Crippen LogP contribution in [0.2, 0.25) is 0 Å². The molecule has 0 aliphatic carbocycles. The Morgan fingerprint density at radius 2 is 2.18 bits per heavy atom. The first-order valence-corrected chi connectivity index (χ1v) is 5.53. The van der Waals surface area contributed by atoms with Crippen molar-refractivity contribution in [2.24, 2.45) is 0 Å². The van der Waals surface area contributed by atoms with E-state index in [1.165, 1.54) is 0 Å². The Bertz CT molecular complexity index is 445. The zero-order chi connectivity index (χ0) is 12.3. The van der Waals surface area contributed by atoms with Crippen LogP contribution in [0.4, 0.5) is 5.69 Å². The summed E-state index contributed by atoms with van der Waals surface area (Å²) in [6, 6.07) is 7.54. The van der Waals surface area contributed by atoms with Gasteiger partial charge in [-0.1, -0.05) is 18.2 Å². The van der Waals surface area contributed by atoms with Crippen molar-refractivity contribution in [3.63, 3.8) is 0 Å². The zero-order valence-electron chi connectivity index (χ0n) is 9.35. The Morgan fingerprint density at radius 1 is 1.41 bits per heavy atom. The predicted molar refractivity (Wildman–Crippen MR) is 62.5 cm³/mol. The van der Waals surface area contributed by atoms with Gasteiger partial charge in [-0.3, -0.25) is 20.0 Å². The summed E-state index contributed by atoms with van der Waals surface area (Å²) in [5.74, 6) is -0.816. The van der Waals surface area contributed by atoms with Gasteiger partial charge < -0.3 is 5.11 Å². The molecule has 1 aromatic rings. The first kappa shape index (κ1) is 11.4. The molecule has 0 radical (unpaired) electrons. The number of hydrogen-bond donors (Lipinski definition) is 2. The van der Waals surface area contributed by atoms with Crippen molar-refractivity contribution in [1.29, 1.82) is 0 Å². The van der Waals surface area contributed by atoms with Crippen LogP contribution in [0.25, 0.3) is 0 Å². The molecule has 1 aromatic carbocycles. The molecule has 1 fully saturated rings. The second-order valence-electron chi connectivity index (χ2n) is 3.96. The molecule has 1 amide bonds. The Morgan fingerprint density at radius 3 is 2.82 bits per heavy atom. The molecule has 0 unspecified atom stereocenters. The average molecular weight is 234 g/mol. The number of aryl methyl sites for hydroxylation is 1. The quantitative estimate of drug-likeness (QED) is 0.813. The number of hydrazine groups is 1. The Labute approximate surface area is 99.0 Å². The summed E-state index contributed by atoms with van der Waals surface area (Å²) >= 11 is 0. The van der Waals surface area contributed by atoms with Crippen molar-refractivity contribution in [1.82, 2.24) is 5.43 Å². The van der Waals surface area contributed by atoms with E-state index in [0.29, 0.717) is 19.4 Å². The van der Waals surface area contributed by atoms with Gasteiger partial charge in [0.1, 0.15) is 0 Å². The number of nitrogens with zero attached hydrogens (tertiary/aromatic N) is 1. The normalized spacial score (nSPS) is 14.8. The number of carboxylic acid groups (broad SMARTS) is 1. The maximum Gasteiger partial charge on any atom is 0.303 e. The van der Waals surface area contributed by atoms with E-state index < -0.39 is 5.97 Å². The lowest BCUT2D eigenvalue weighted by molar-refractivity contribution is -0.137. The largest absolute Gasteiger partial charge is 0.481 e. The highest BCUT2D eigenvalue weighted by atomic mass is 16.4. The third-order valence-electron chi connectivity index (χ3n) is 2.71. The van der Waals surface area contributed by atoms with E-state index in [1.807, 2.05) is 24.3 Å². The van der Waals surface area contributed by atoms with E-state index in [1.54, 1.807) is 5.01 Å². The molecule has 0 saturated carbocycles. The van der Waals surface area contributed by atoms with Gasteiger partial charge in [0.2, 0.25) is 5.91 Å². The van der Waals surface area contributed by atoms with Crippen LogP contribution in [0.1, 0.15) is 18.4 Å². The van der Waals surface area contributed by atoms with Crippen molar-refractivity contribution < 1.29 is 14.7 Å². The summed E-state index contributed by atoms with van der Waals surface area (Å²) in [4.78, 5) is 21.7. The number of amides is 1. The van der Waals surface area contributed by atoms with Crippen LogP contribution in [0, 0.1) is 0 Å². The molecule has 1 heterocycles. The number of aliphatic carboxylic acids is 1. The highest BCUT2D eigenvalue weighted by Crippen LogP contribution is 2.22. The van der Waals surface area contributed by atoms with Gasteiger partial charge in [0.05, 0.1) is 5.69 Å². The standard InChI is InChI=1S/C12H14N2O3/c15-11-7-8-14(13-11)10-4-2-1-3-9(10)5-6-12(16)17/h1-4H,5-8H2,(H,13,15)(H,16,17). The van der Waals surface area contributed by atoms with Crippen LogP contribution in [0.3, 0.4) is 0 Å². The lowest BCUT2D eigenvalue weighted by Crippen LogP contribution is -2.33. The third-order valence-corrected chi connectivity index (χ3v) is 2.71. The highest BCUT2D eigenvalue weighted by Gasteiger charge is 2.20. The smallest absolute Gasteiger partial charge is 0.303 e. The van der Waals surface area contributed by atoms with Gasteiger partial charge in [0, 0.05) is 19.4 Å². The predicted octanol–water partition coefficient (Wildman–Crippen LogP) is 0.945. The number of carbonyl (C=O) groups is 2. The van der Waals surface area contributed by atoms with Crippen LogP contribution in [-0.2, 0) is 16.0 Å². The van der Waals surface area contributed by atoms with Gasteiger partial charge in [0.15, 0.2) is 0 Å². The summed E-state index contributed by atoms with van der Waals surface area (Å²) in [5, 5.41) is 10.5. The minimum absolute atomic E-state index is 0.00182. The van der Waals surface area contributed by atoms with Gasteiger partial charge in [-0.15, -0.1) is 0 Å². The molecule has 1 aliphatic heterocycles. The van der Waals surface area contributed by atoms with Gasteiger partial charge in [-0.05, 0) is 18.1 Å². The molecule has 2 N–H and O–H groups in total. The summed E-state index contributed by atoms with van der Waals surface area (Å²) in [5.41, 5.74) is 4.58. The molecule has 1 saturated heterocycles. The topological polar surface area (TPSA) is 69.6 Å². The lowest BCUT2D eigenvalue weighted by atomic mass is 10.1. The van der Waals surface area contributed by atoms with E-state index >= 15 is 0 Å². The number of carbonyl (C=O) groups excluding carboxylic acids is 1. The summed E-state index contributed by atoms with van der Waals surface area (Å²) in [6.45, 7) is 0.628. The van der Waals surface area contributed by atoms with Crippen LogP contribution < -0.4 is 10.4 Å². The maximum atomic E-state index is 11.2. The fourth-order valence-electron chi connectivity index (χ4n) is 1.88. The molecule has 17 heavy (non-hydrogen) atoms. The molecular formula is C12H14N2O3. The number of anilines is 1. The third kappa shape index (κ3) is 2.75. The Hall–Kier alpha value is -2.04. The molecular weight excluding hydrogens is 220 g/mol. The highest BCUT2D eigenvalue weighted by molar-refractivity contribution is 5.82. The average Bonchev–Trinajstić information content (AvgIpc) is 2.73. The molecule has 0 aromatic heterocycles. The van der Waals surface area contributed by atoms with E-state index in [-0.39, 0.29) is 12.3 Å². The monoisotopic (exact) mass is 234 g/mol. The fraction of sp³-hybridized carbons (Fsp3) is 0.333. The van der Waals surface area contributed by atoms with Gasteiger partial charge in [-0.2, -0.15) is 0 Å². The molecule has 2 rings (SSSR count). The molecule has 90 valence electrons. The molecule has 0 spiro atoms. The molecule has 1 aliphatic rings. The van der Waals surface area contributed by atoms with Crippen LogP contribution in [0.5, 0.6) is 0 Å². The fourth-order valence-corrected chi connectivity index (χ4v) is 1.88.